The molecule has 2 aliphatic carbocycles. The number of hydrogen-bond acceptors (Lipinski definition) is 1. The number of carbonyl (C=O) groups excluding carboxylic acids is 1. The van der Waals surface area contributed by atoms with Crippen LogP contribution in [0.3, 0.4) is 0 Å². The second-order valence-corrected chi connectivity index (χ2v) is 3.39. The number of hydrogen-bond donors (Lipinski definition) is 0. The molecular weight excluding hydrogens is 112 g/mol. The maximum absolute atomic E-state index is 11.0. The Kier molecular flexibility index (Phi) is 0.961. The minimum atomic E-state index is 0.414. The summed E-state index contributed by atoms with van der Waals surface area (Å²) in [6.45, 7) is 2.08. The molecule has 2 aliphatic rings. The molecule has 9 heavy (non-hydrogen) atoms. The normalized spacial score (nSPS) is 48.6. The highest BCUT2D eigenvalue weighted by atomic mass is 16.1. The van der Waals surface area contributed by atoms with Gasteiger partial charge in [0.2, 0.25) is 0 Å². The van der Waals surface area contributed by atoms with Crippen LogP contribution in [0.4, 0.5) is 0 Å². The van der Waals surface area contributed by atoms with Crippen molar-refractivity contribution in [2.45, 2.75) is 26.2 Å². The third-order valence-corrected chi connectivity index (χ3v) is 3.03. The first-order chi connectivity index (χ1) is 4.30. The number of rotatable bonds is 0. The van der Waals surface area contributed by atoms with Crippen molar-refractivity contribution in [2.24, 2.45) is 17.8 Å². The molecule has 50 valence electrons. The van der Waals surface area contributed by atoms with Crippen LogP contribution in [0.5, 0.6) is 0 Å². The summed E-state index contributed by atoms with van der Waals surface area (Å²) in [7, 11) is 0. The van der Waals surface area contributed by atoms with Crippen LogP contribution in [0, 0.1) is 17.8 Å². The summed E-state index contributed by atoms with van der Waals surface area (Å²) >= 11 is 0. The van der Waals surface area contributed by atoms with E-state index in [1.165, 1.54) is 19.3 Å². The predicted molar refractivity (Wildman–Crippen MR) is 35.0 cm³/mol. The molecule has 3 atom stereocenters. The second kappa shape index (κ2) is 1.59. The van der Waals surface area contributed by atoms with Crippen LogP contribution >= 0.6 is 0 Å². The Morgan fingerprint density at radius 2 is 2.22 bits per heavy atom. The van der Waals surface area contributed by atoms with E-state index >= 15 is 0 Å². The number of carbonyl (C=O) groups is 1. The van der Waals surface area contributed by atoms with Gasteiger partial charge >= 0.3 is 0 Å². The van der Waals surface area contributed by atoms with Crippen molar-refractivity contribution in [1.82, 2.24) is 0 Å². The Hall–Kier alpha value is -0.330. The average Bonchev–Trinajstić information content (AvgIpc) is 2.30. The lowest BCUT2D eigenvalue weighted by Crippen LogP contribution is -2.42. The fourth-order valence-corrected chi connectivity index (χ4v) is 2.37. The van der Waals surface area contributed by atoms with Gasteiger partial charge in [0.05, 0.1) is 0 Å². The van der Waals surface area contributed by atoms with Crippen LogP contribution in [0.1, 0.15) is 26.2 Å². The summed E-state index contributed by atoms with van der Waals surface area (Å²) < 4.78 is 0. The van der Waals surface area contributed by atoms with Crippen LogP contribution in [0.15, 0.2) is 0 Å². The first-order valence-electron chi connectivity index (χ1n) is 3.84. The number of ketones is 1. The molecule has 0 aliphatic heterocycles. The fraction of sp³-hybridized carbons (Fsp3) is 0.875. The number of Topliss-reactive ketones (excluding diaryl/α,β-unsaturated/α-hetero) is 1. The van der Waals surface area contributed by atoms with Gasteiger partial charge in [-0.25, -0.2) is 0 Å². The van der Waals surface area contributed by atoms with Crippen molar-refractivity contribution in [2.75, 3.05) is 0 Å². The molecule has 1 nitrogen and oxygen atoms in total. The lowest BCUT2D eigenvalue weighted by molar-refractivity contribution is -0.139. The first kappa shape index (κ1) is 5.45. The van der Waals surface area contributed by atoms with Gasteiger partial charge < -0.3 is 0 Å². The molecule has 0 aromatic rings. The molecule has 0 amide bonds. The molecule has 1 heteroatoms. The molecule has 0 N–H and O–H groups in total. The zero-order chi connectivity index (χ0) is 6.43. The third kappa shape index (κ3) is 0.525. The van der Waals surface area contributed by atoms with E-state index in [4.69, 9.17) is 0 Å². The van der Waals surface area contributed by atoms with Crippen LogP contribution in [0.25, 0.3) is 0 Å². The topological polar surface area (TPSA) is 17.1 Å². The van der Waals surface area contributed by atoms with Crippen LogP contribution in [-0.4, -0.2) is 5.78 Å². The van der Waals surface area contributed by atoms with Gasteiger partial charge in [-0.05, 0) is 18.8 Å². The monoisotopic (exact) mass is 124 g/mol. The summed E-state index contributed by atoms with van der Waals surface area (Å²) in [6, 6.07) is 0. The Labute approximate surface area is 55.4 Å². The van der Waals surface area contributed by atoms with Gasteiger partial charge in [-0.15, -0.1) is 0 Å². The minimum Gasteiger partial charge on any atom is -0.299 e. The number of fused-ring (bicyclic) bond motifs is 1. The molecule has 3 unspecified atom stereocenters. The fourth-order valence-electron chi connectivity index (χ4n) is 2.37. The quantitative estimate of drug-likeness (QED) is 0.479. The molecule has 0 radical (unpaired) electrons. The van der Waals surface area contributed by atoms with Crippen LogP contribution in [0.2, 0.25) is 0 Å². The second-order valence-electron chi connectivity index (χ2n) is 3.39. The van der Waals surface area contributed by atoms with Crippen molar-refractivity contribution in [3.8, 4) is 0 Å². The van der Waals surface area contributed by atoms with Crippen molar-refractivity contribution < 1.29 is 4.79 Å². The Bertz CT molecular complexity index is 151. The van der Waals surface area contributed by atoms with Crippen molar-refractivity contribution in [1.29, 1.82) is 0 Å². The maximum atomic E-state index is 11.0. The average molecular weight is 124 g/mol. The van der Waals surface area contributed by atoms with Gasteiger partial charge in [0, 0.05) is 11.8 Å². The molecule has 0 spiro atoms. The van der Waals surface area contributed by atoms with E-state index in [1.54, 1.807) is 0 Å². The van der Waals surface area contributed by atoms with E-state index in [9.17, 15) is 4.79 Å². The van der Waals surface area contributed by atoms with Crippen LogP contribution < -0.4 is 0 Å². The molecule has 0 bridgehead atoms. The van der Waals surface area contributed by atoms with Crippen LogP contribution in [-0.2, 0) is 4.79 Å². The summed E-state index contributed by atoms with van der Waals surface area (Å²) in [5.41, 5.74) is 0. The molecule has 2 rings (SSSR count). The summed E-state index contributed by atoms with van der Waals surface area (Å²) in [4.78, 5) is 11.0. The van der Waals surface area contributed by atoms with Gasteiger partial charge in [0.25, 0.3) is 0 Å². The largest absolute Gasteiger partial charge is 0.299 e. The molecular formula is C8H12O. The molecule has 0 aromatic heterocycles. The molecule has 0 aromatic carbocycles. The van der Waals surface area contributed by atoms with E-state index in [-0.39, 0.29) is 0 Å². The van der Waals surface area contributed by atoms with Crippen molar-refractivity contribution in [3.63, 3.8) is 0 Å². The van der Waals surface area contributed by atoms with Crippen molar-refractivity contribution >= 4 is 5.78 Å². The highest BCUT2D eigenvalue weighted by Gasteiger charge is 2.48. The van der Waals surface area contributed by atoms with Crippen molar-refractivity contribution in [3.05, 3.63) is 0 Å². The maximum Gasteiger partial charge on any atom is 0.139 e. The van der Waals surface area contributed by atoms with Gasteiger partial charge in [-0.2, -0.15) is 0 Å². The summed E-state index contributed by atoms with van der Waals surface area (Å²) in [5.74, 6) is 2.24. The Balaban J connectivity index is 2.14. The standard InChI is InChI=1S/C8H12O/c1-5-6-3-2-4-7(6)8(5)9/h5-7H,2-4H2,1H3. The lowest BCUT2D eigenvalue weighted by Gasteiger charge is -2.35. The van der Waals surface area contributed by atoms with E-state index in [0.29, 0.717) is 17.6 Å². The van der Waals surface area contributed by atoms with Gasteiger partial charge in [0.15, 0.2) is 0 Å². The van der Waals surface area contributed by atoms with E-state index in [0.717, 1.165) is 5.92 Å². The summed E-state index contributed by atoms with van der Waals surface area (Å²) in [5, 5.41) is 0. The minimum absolute atomic E-state index is 0.414. The Morgan fingerprint density at radius 3 is 2.89 bits per heavy atom. The molecule has 2 fully saturated rings. The van der Waals surface area contributed by atoms with E-state index in [1.807, 2.05) is 0 Å². The van der Waals surface area contributed by atoms with E-state index in [2.05, 4.69) is 6.92 Å². The lowest BCUT2D eigenvalue weighted by atomic mass is 9.66. The zero-order valence-corrected chi connectivity index (χ0v) is 5.76. The molecule has 0 saturated heterocycles. The third-order valence-electron chi connectivity index (χ3n) is 3.03. The zero-order valence-electron chi connectivity index (χ0n) is 5.76. The SMILES string of the molecule is CC1C(=O)C2CCCC12. The predicted octanol–water partition coefficient (Wildman–Crippen LogP) is 1.62. The highest BCUT2D eigenvalue weighted by Crippen LogP contribution is 2.47. The molecule has 2 saturated carbocycles. The molecule has 0 heterocycles. The van der Waals surface area contributed by atoms with Gasteiger partial charge in [0.1, 0.15) is 5.78 Å². The van der Waals surface area contributed by atoms with Gasteiger partial charge in [-0.3, -0.25) is 4.79 Å². The highest BCUT2D eigenvalue weighted by molar-refractivity contribution is 5.90. The summed E-state index contributed by atoms with van der Waals surface area (Å²) in [6.07, 6.45) is 3.80. The smallest absolute Gasteiger partial charge is 0.139 e. The Morgan fingerprint density at radius 1 is 1.44 bits per heavy atom. The van der Waals surface area contributed by atoms with E-state index < -0.39 is 0 Å². The first-order valence-corrected chi connectivity index (χ1v) is 3.84. The van der Waals surface area contributed by atoms with Gasteiger partial charge in [-0.1, -0.05) is 13.3 Å².